The molecular formula is C21H24N2O3S. The van der Waals surface area contributed by atoms with Gasteiger partial charge in [0.1, 0.15) is 0 Å². The number of hydrogen-bond donors (Lipinski definition) is 2. The number of rotatable bonds is 5. The fraction of sp³-hybridized carbons (Fsp3) is 0.524. The van der Waals surface area contributed by atoms with Crippen LogP contribution in [-0.2, 0) is 6.54 Å². The molecule has 5 nitrogen and oxygen atoms in total. The van der Waals surface area contributed by atoms with Gasteiger partial charge in [-0.15, -0.1) is 11.3 Å². The molecule has 4 bridgehead atoms. The summed E-state index contributed by atoms with van der Waals surface area (Å²) in [6, 6.07) is 6.98. The van der Waals surface area contributed by atoms with Crippen molar-refractivity contribution in [1.29, 1.82) is 0 Å². The number of furan rings is 1. The molecule has 6 rings (SSSR count). The van der Waals surface area contributed by atoms with Crippen molar-refractivity contribution >= 4 is 23.2 Å². The molecule has 2 amide bonds. The molecule has 2 heterocycles. The summed E-state index contributed by atoms with van der Waals surface area (Å²) in [7, 11) is 0. The Morgan fingerprint density at radius 1 is 1.07 bits per heavy atom. The first kappa shape index (κ1) is 17.0. The lowest BCUT2D eigenvalue weighted by Crippen LogP contribution is -2.61. The second-order valence-corrected chi connectivity index (χ2v) is 9.75. The van der Waals surface area contributed by atoms with E-state index in [9.17, 15) is 9.59 Å². The molecule has 0 unspecified atom stereocenters. The number of hydrogen-bond acceptors (Lipinski definition) is 4. The molecule has 6 heteroatoms. The molecule has 27 heavy (non-hydrogen) atoms. The van der Waals surface area contributed by atoms with Crippen molar-refractivity contribution in [1.82, 2.24) is 10.6 Å². The Balaban J connectivity index is 1.18. The van der Waals surface area contributed by atoms with Gasteiger partial charge in [0.25, 0.3) is 0 Å². The second-order valence-electron chi connectivity index (χ2n) is 8.58. The van der Waals surface area contributed by atoms with E-state index in [0.717, 1.165) is 41.9 Å². The molecule has 0 radical (unpaired) electrons. The molecule has 2 aromatic heterocycles. The molecule has 0 spiro atoms. The zero-order chi connectivity index (χ0) is 18.4. The highest BCUT2D eigenvalue weighted by molar-refractivity contribution is 7.14. The number of thiophene rings is 1. The van der Waals surface area contributed by atoms with Crippen molar-refractivity contribution in [2.24, 2.45) is 17.8 Å². The maximum Gasteiger partial charge on any atom is 0.315 e. The SMILES string of the molecule is O=C(NCc1ccc(C(=O)c2ccco2)s1)NC12CC3CC(CC(C3)C1)C2. The van der Waals surface area contributed by atoms with E-state index in [1.807, 2.05) is 6.07 Å². The van der Waals surface area contributed by atoms with E-state index >= 15 is 0 Å². The van der Waals surface area contributed by atoms with Gasteiger partial charge in [0.15, 0.2) is 5.76 Å². The molecule has 0 saturated heterocycles. The highest BCUT2D eigenvalue weighted by Gasteiger charge is 2.51. The van der Waals surface area contributed by atoms with Gasteiger partial charge in [0.05, 0.1) is 17.7 Å². The van der Waals surface area contributed by atoms with Crippen LogP contribution in [0.25, 0.3) is 0 Å². The summed E-state index contributed by atoms with van der Waals surface area (Å²) in [5.74, 6) is 2.65. The lowest BCUT2D eigenvalue weighted by Gasteiger charge is -2.56. The van der Waals surface area contributed by atoms with Crippen molar-refractivity contribution in [2.75, 3.05) is 0 Å². The number of nitrogens with one attached hydrogen (secondary N) is 2. The van der Waals surface area contributed by atoms with E-state index < -0.39 is 0 Å². The Morgan fingerprint density at radius 3 is 2.41 bits per heavy atom. The van der Waals surface area contributed by atoms with Gasteiger partial charge in [0, 0.05) is 10.4 Å². The third-order valence-electron chi connectivity index (χ3n) is 6.47. The van der Waals surface area contributed by atoms with Crippen molar-refractivity contribution in [2.45, 2.75) is 50.6 Å². The minimum absolute atomic E-state index is 0.0225. The number of carbonyl (C=O) groups is 2. The third-order valence-corrected chi connectivity index (χ3v) is 7.55. The van der Waals surface area contributed by atoms with Crippen LogP contribution in [0.1, 0.15) is 58.8 Å². The summed E-state index contributed by atoms with van der Waals surface area (Å²) in [5.41, 5.74) is 0.0225. The fourth-order valence-corrected chi connectivity index (χ4v) is 6.73. The Labute approximate surface area is 162 Å². The van der Waals surface area contributed by atoms with Gasteiger partial charge in [-0.2, -0.15) is 0 Å². The van der Waals surface area contributed by atoms with E-state index in [0.29, 0.717) is 17.2 Å². The topological polar surface area (TPSA) is 71.3 Å². The van der Waals surface area contributed by atoms with Crippen LogP contribution >= 0.6 is 11.3 Å². The van der Waals surface area contributed by atoms with Crippen molar-refractivity contribution in [3.63, 3.8) is 0 Å². The summed E-state index contributed by atoms with van der Waals surface area (Å²) < 4.78 is 5.17. The Bertz CT molecular complexity index is 819. The number of amides is 2. The van der Waals surface area contributed by atoms with Crippen LogP contribution in [0.5, 0.6) is 0 Å². The van der Waals surface area contributed by atoms with Gasteiger partial charge in [-0.25, -0.2) is 4.79 Å². The molecule has 4 aliphatic rings. The Morgan fingerprint density at radius 2 is 1.78 bits per heavy atom. The van der Waals surface area contributed by atoms with Gasteiger partial charge in [-0.05, 0) is 80.5 Å². The van der Waals surface area contributed by atoms with Crippen LogP contribution in [0.2, 0.25) is 0 Å². The summed E-state index contributed by atoms with van der Waals surface area (Å²) in [4.78, 5) is 26.4. The molecule has 2 aromatic rings. The number of urea groups is 1. The predicted molar refractivity (Wildman–Crippen MR) is 103 cm³/mol. The van der Waals surface area contributed by atoms with Crippen LogP contribution in [0.15, 0.2) is 34.9 Å². The summed E-state index contributed by atoms with van der Waals surface area (Å²) in [5, 5.41) is 6.31. The van der Waals surface area contributed by atoms with E-state index in [-0.39, 0.29) is 17.4 Å². The smallest absolute Gasteiger partial charge is 0.315 e. The average Bonchev–Trinajstić information content (AvgIpc) is 3.30. The standard InChI is InChI=1S/C21H24N2O3S/c24-19(17-2-1-5-26-17)18-4-3-16(27-18)12-22-20(25)23-21-9-13-6-14(10-21)8-15(7-13)11-21/h1-5,13-15H,6-12H2,(H2,22,23,25). The van der Waals surface area contributed by atoms with E-state index in [1.54, 1.807) is 18.2 Å². The molecule has 0 atom stereocenters. The number of carbonyl (C=O) groups excluding carboxylic acids is 2. The van der Waals surface area contributed by atoms with Gasteiger partial charge in [0.2, 0.25) is 5.78 Å². The first-order chi connectivity index (χ1) is 13.1. The average molecular weight is 385 g/mol. The lowest BCUT2D eigenvalue weighted by atomic mass is 9.53. The first-order valence-corrected chi connectivity index (χ1v) is 10.6. The molecule has 4 fully saturated rings. The summed E-state index contributed by atoms with van der Waals surface area (Å²) in [6.07, 6.45) is 9.03. The van der Waals surface area contributed by atoms with Gasteiger partial charge in [-0.3, -0.25) is 4.79 Å². The lowest BCUT2D eigenvalue weighted by molar-refractivity contribution is -0.0135. The molecule has 0 aliphatic heterocycles. The minimum atomic E-state index is -0.116. The first-order valence-electron chi connectivity index (χ1n) is 9.81. The molecule has 4 saturated carbocycles. The fourth-order valence-electron chi connectivity index (χ4n) is 5.84. The third kappa shape index (κ3) is 3.31. The zero-order valence-corrected chi connectivity index (χ0v) is 16.0. The highest BCUT2D eigenvalue weighted by Crippen LogP contribution is 2.55. The van der Waals surface area contributed by atoms with Crippen LogP contribution in [0.4, 0.5) is 4.79 Å². The molecule has 2 N–H and O–H groups in total. The van der Waals surface area contributed by atoms with E-state index in [4.69, 9.17) is 4.42 Å². The largest absolute Gasteiger partial charge is 0.461 e. The van der Waals surface area contributed by atoms with Crippen LogP contribution in [-0.4, -0.2) is 17.4 Å². The maximum absolute atomic E-state index is 12.5. The zero-order valence-electron chi connectivity index (χ0n) is 15.2. The molecular weight excluding hydrogens is 360 g/mol. The number of ketones is 1. The predicted octanol–water partition coefficient (Wildman–Crippen LogP) is 4.34. The Hall–Kier alpha value is -2.08. The van der Waals surface area contributed by atoms with Gasteiger partial charge >= 0.3 is 6.03 Å². The monoisotopic (exact) mass is 384 g/mol. The van der Waals surface area contributed by atoms with Crippen LogP contribution < -0.4 is 10.6 Å². The molecule has 0 aromatic carbocycles. The quantitative estimate of drug-likeness (QED) is 0.753. The molecule has 142 valence electrons. The van der Waals surface area contributed by atoms with Gasteiger partial charge in [-0.1, -0.05) is 0 Å². The van der Waals surface area contributed by atoms with Crippen molar-refractivity contribution < 1.29 is 14.0 Å². The van der Waals surface area contributed by atoms with Crippen LogP contribution in [0.3, 0.4) is 0 Å². The molecule has 4 aliphatic carbocycles. The normalized spacial score (nSPS) is 31.0. The highest BCUT2D eigenvalue weighted by atomic mass is 32.1. The minimum Gasteiger partial charge on any atom is -0.461 e. The van der Waals surface area contributed by atoms with Gasteiger partial charge < -0.3 is 15.1 Å². The van der Waals surface area contributed by atoms with Crippen LogP contribution in [0, 0.1) is 17.8 Å². The Kier molecular flexibility index (Phi) is 4.11. The second kappa shape index (κ2) is 6.51. The maximum atomic E-state index is 12.5. The summed E-state index contributed by atoms with van der Waals surface area (Å²) >= 11 is 1.40. The van der Waals surface area contributed by atoms with E-state index in [1.165, 1.54) is 36.9 Å². The van der Waals surface area contributed by atoms with Crippen molar-refractivity contribution in [3.8, 4) is 0 Å². The van der Waals surface area contributed by atoms with E-state index in [2.05, 4.69) is 10.6 Å². The summed E-state index contributed by atoms with van der Waals surface area (Å²) in [6.45, 7) is 0.439. The van der Waals surface area contributed by atoms with Crippen molar-refractivity contribution in [3.05, 3.63) is 46.0 Å².